The Bertz CT molecular complexity index is 1800. The zero-order valence-electron chi connectivity index (χ0n) is 25.7. The van der Waals surface area contributed by atoms with Crippen molar-refractivity contribution in [3.8, 4) is 5.75 Å². The van der Waals surface area contributed by atoms with Gasteiger partial charge in [-0.15, -0.1) is 0 Å². The van der Waals surface area contributed by atoms with E-state index >= 15 is 8.78 Å². The van der Waals surface area contributed by atoms with Crippen molar-refractivity contribution in [2.75, 3.05) is 26.8 Å². The molecule has 0 radical (unpaired) electrons. The van der Waals surface area contributed by atoms with Gasteiger partial charge in [0, 0.05) is 17.2 Å². The van der Waals surface area contributed by atoms with Crippen LogP contribution in [0.4, 0.5) is 13.2 Å². The van der Waals surface area contributed by atoms with Gasteiger partial charge in [-0.05, 0) is 87.2 Å². The topological polar surface area (TPSA) is 65.8 Å². The number of esters is 1. The molecule has 0 N–H and O–H groups in total. The molecule has 2 fully saturated rings. The van der Waals surface area contributed by atoms with Crippen molar-refractivity contribution in [1.29, 1.82) is 0 Å². The Kier molecular flexibility index (Phi) is 8.02. The van der Waals surface area contributed by atoms with Crippen molar-refractivity contribution in [2.45, 2.75) is 69.2 Å². The smallest absolute Gasteiger partial charge is 0.337 e. The third-order valence-corrected chi connectivity index (χ3v) is 9.88. The molecule has 11 heteroatoms. The van der Waals surface area contributed by atoms with E-state index in [-0.39, 0.29) is 33.9 Å². The number of likely N-dealkylation sites (tertiary alicyclic amines) is 1. The molecule has 7 rings (SSSR count). The molecule has 1 aromatic heterocycles. The summed E-state index contributed by atoms with van der Waals surface area (Å²) in [7, 11) is 1.36. The third-order valence-electron chi connectivity index (χ3n) is 9.65. The van der Waals surface area contributed by atoms with Crippen LogP contribution in [-0.2, 0) is 34.1 Å². The van der Waals surface area contributed by atoms with Crippen LogP contribution in [0.25, 0.3) is 11.0 Å². The van der Waals surface area contributed by atoms with Gasteiger partial charge in [-0.25, -0.2) is 22.9 Å². The number of rotatable bonds is 7. The molecule has 0 spiro atoms. The SMILES string of the molecule is COC(=O)c1ccc2nc(CN3CCC(c4cccc5c4OC(C)(c4ccc(Cl)cc4F)CC5(F)F)CC3)n(C[C@@H]3CCO3)c2c1. The Labute approximate surface area is 270 Å². The number of benzene rings is 3. The summed E-state index contributed by atoms with van der Waals surface area (Å²) in [5.41, 5.74) is 1.18. The molecule has 2 atom stereocenters. The molecule has 4 heterocycles. The van der Waals surface area contributed by atoms with Crippen LogP contribution in [0.3, 0.4) is 0 Å². The lowest BCUT2D eigenvalue weighted by Gasteiger charge is -2.42. The fraction of sp³-hybridized carbons (Fsp3) is 0.429. The molecular weight excluding hydrogens is 619 g/mol. The van der Waals surface area contributed by atoms with E-state index in [4.69, 9.17) is 30.8 Å². The quantitative estimate of drug-likeness (QED) is 0.192. The third kappa shape index (κ3) is 5.65. The summed E-state index contributed by atoms with van der Waals surface area (Å²) in [6.07, 6.45) is 1.85. The van der Waals surface area contributed by atoms with E-state index in [9.17, 15) is 9.18 Å². The second-order valence-corrected chi connectivity index (χ2v) is 13.2. The summed E-state index contributed by atoms with van der Waals surface area (Å²) in [4.78, 5) is 19.5. The molecule has 46 heavy (non-hydrogen) atoms. The molecule has 242 valence electrons. The van der Waals surface area contributed by atoms with Gasteiger partial charge in [0.25, 0.3) is 5.92 Å². The fourth-order valence-electron chi connectivity index (χ4n) is 7.10. The lowest BCUT2D eigenvalue weighted by atomic mass is 9.80. The van der Waals surface area contributed by atoms with Gasteiger partial charge < -0.3 is 18.8 Å². The van der Waals surface area contributed by atoms with Crippen LogP contribution in [-0.4, -0.2) is 53.3 Å². The molecular formula is C35H35ClF3N3O4. The highest BCUT2D eigenvalue weighted by Gasteiger charge is 2.51. The van der Waals surface area contributed by atoms with Crippen molar-refractivity contribution in [2.24, 2.45) is 0 Å². The zero-order valence-corrected chi connectivity index (χ0v) is 26.5. The number of hydrogen-bond acceptors (Lipinski definition) is 6. The van der Waals surface area contributed by atoms with Crippen LogP contribution in [0.15, 0.2) is 54.6 Å². The maximum atomic E-state index is 15.7. The molecule has 7 nitrogen and oxygen atoms in total. The van der Waals surface area contributed by atoms with E-state index < -0.39 is 29.7 Å². The number of nitrogens with zero attached hydrogens (tertiary/aromatic N) is 3. The van der Waals surface area contributed by atoms with Gasteiger partial charge in [-0.1, -0.05) is 29.8 Å². The molecule has 0 amide bonds. The number of aromatic nitrogens is 2. The average Bonchev–Trinajstić information content (AvgIpc) is 3.33. The molecule has 3 aliphatic rings. The molecule has 2 saturated heterocycles. The molecule has 0 aliphatic carbocycles. The highest BCUT2D eigenvalue weighted by Crippen LogP contribution is 2.54. The monoisotopic (exact) mass is 653 g/mol. The van der Waals surface area contributed by atoms with Gasteiger partial charge in [-0.3, -0.25) is 4.90 Å². The lowest BCUT2D eigenvalue weighted by Crippen LogP contribution is -2.42. The second-order valence-electron chi connectivity index (χ2n) is 12.7. The average molecular weight is 654 g/mol. The number of fused-ring (bicyclic) bond motifs is 2. The molecule has 0 bridgehead atoms. The minimum Gasteiger partial charge on any atom is -0.482 e. The molecule has 1 unspecified atom stereocenters. The summed E-state index contributed by atoms with van der Waals surface area (Å²) in [6, 6.07) is 14.4. The van der Waals surface area contributed by atoms with Crippen LogP contribution in [0.1, 0.15) is 71.4 Å². The van der Waals surface area contributed by atoms with Crippen LogP contribution in [0.5, 0.6) is 5.75 Å². The van der Waals surface area contributed by atoms with Gasteiger partial charge in [0.15, 0.2) is 0 Å². The van der Waals surface area contributed by atoms with Gasteiger partial charge in [0.05, 0.1) is 54.9 Å². The van der Waals surface area contributed by atoms with Crippen molar-refractivity contribution in [3.63, 3.8) is 0 Å². The highest BCUT2D eigenvalue weighted by atomic mass is 35.5. The Morgan fingerprint density at radius 2 is 1.87 bits per heavy atom. The van der Waals surface area contributed by atoms with Crippen LogP contribution >= 0.6 is 11.6 Å². The highest BCUT2D eigenvalue weighted by molar-refractivity contribution is 6.30. The van der Waals surface area contributed by atoms with Gasteiger partial charge >= 0.3 is 5.97 Å². The number of para-hydroxylation sites is 1. The number of carbonyl (C=O) groups is 1. The second kappa shape index (κ2) is 11.9. The molecule has 0 saturated carbocycles. The van der Waals surface area contributed by atoms with Gasteiger partial charge in [0.2, 0.25) is 0 Å². The maximum Gasteiger partial charge on any atom is 0.337 e. The summed E-state index contributed by atoms with van der Waals surface area (Å²) in [5, 5.41) is 0.193. The number of imidazole rings is 1. The number of methoxy groups -OCH3 is 1. The number of piperidine rings is 1. The normalized spacial score (nSPS) is 23.0. The van der Waals surface area contributed by atoms with Crippen molar-refractivity contribution in [3.05, 3.63) is 93.5 Å². The van der Waals surface area contributed by atoms with Crippen molar-refractivity contribution in [1.82, 2.24) is 14.5 Å². The minimum atomic E-state index is -3.21. The number of hydrogen-bond donors (Lipinski definition) is 0. The fourth-order valence-corrected chi connectivity index (χ4v) is 7.26. The van der Waals surface area contributed by atoms with Gasteiger partial charge in [-0.2, -0.15) is 0 Å². The molecule has 3 aliphatic heterocycles. The summed E-state index contributed by atoms with van der Waals surface area (Å²) in [6.45, 7) is 4.94. The number of halogens is 4. The Morgan fingerprint density at radius 3 is 2.57 bits per heavy atom. The molecule has 3 aromatic carbocycles. The first-order chi connectivity index (χ1) is 22.0. The minimum absolute atomic E-state index is 0.00998. The van der Waals surface area contributed by atoms with Crippen LogP contribution in [0.2, 0.25) is 5.02 Å². The first-order valence-electron chi connectivity index (χ1n) is 15.6. The predicted molar refractivity (Wildman–Crippen MR) is 167 cm³/mol. The molecule has 4 aromatic rings. The van der Waals surface area contributed by atoms with E-state index in [1.165, 1.54) is 32.2 Å². The number of alkyl halides is 2. The summed E-state index contributed by atoms with van der Waals surface area (Å²) >= 11 is 5.95. The first-order valence-corrected chi connectivity index (χ1v) is 16.0. The Morgan fingerprint density at radius 1 is 1.09 bits per heavy atom. The summed E-state index contributed by atoms with van der Waals surface area (Å²) < 4.78 is 65.6. The largest absolute Gasteiger partial charge is 0.482 e. The van der Waals surface area contributed by atoms with Gasteiger partial charge in [0.1, 0.15) is 23.0 Å². The number of carbonyl (C=O) groups excluding carboxylic acids is 1. The summed E-state index contributed by atoms with van der Waals surface area (Å²) in [5.74, 6) is -3.26. The van der Waals surface area contributed by atoms with Crippen molar-refractivity contribution < 1.29 is 32.2 Å². The Hall–Kier alpha value is -3.60. The Balaban J connectivity index is 1.12. The lowest BCUT2D eigenvalue weighted by molar-refractivity contribution is -0.105. The zero-order chi connectivity index (χ0) is 32.2. The predicted octanol–water partition coefficient (Wildman–Crippen LogP) is 7.57. The van der Waals surface area contributed by atoms with Crippen molar-refractivity contribution >= 4 is 28.6 Å². The van der Waals surface area contributed by atoms with E-state index in [2.05, 4.69) is 9.47 Å². The number of ether oxygens (including phenoxy) is 3. The maximum absolute atomic E-state index is 15.7. The van der Waals surface area contributed by atoms with Crippen LogP contribution in [0, 0.1) is 5.82 Å². The van der Waals surface area contributed by atoms with E-state index in [0.717, 1.165) is 67.4 Å². The van der Waals surface area contributed by atoms with E-state index in [0.29, 0.717) is 18.7 Å². The van der Waals surface area contributed by atoms with E-state index in [1.807, 2.05) is 18.2 Å². The van der Waals surface area contributed by atoms with Crippen LogP contribution < -0.4 is 4.74 Å². The van der Waals surface area contributed by atoms with E-state index in [1.54, 1.807) is 12.1 Å². The standard InChI is InChI=1S/C35H35ClF3N3O4/c1-34(26-8-7-23(36)17-28(26)37)20-35(38,39)27-5-3-4-25(32(27)46-34)21-10-13-41(14-11-21)19-31-40-29-9-6-22(33(43)44-2)16-30(29)42(31)18-24-12-15-45-24/h3-9,16-17,21,24H,10-15,18-20H2,1-2H3/t24-,34?/m0/s1. The first kappa shape index (κ1) is 31.0.